The number of benzene rings is 2. The Morgan fingerprint density at radius 1 is 1.00 bits per heavy atom. The number of halogens is 3. The highest BCUT2D eigenvalue weighted by Crippen LogP contribution is 2.29. The average molecular weight is 411 g/mol. The van der Waals surface area contributed by atoms with Crippen molar-refractivity contribution in [3.63, 3.8) is 0 Å². The molecular formula is C20H20F3NO3S. The summed E-state index contributed by atoms with van der Waals surface area (Å²) < 4.78 is 61.8. The van der Waals surface area contributed by atoms with E-state index in [4.69, 9.17) is 0 Å². The molecule has 1 fully saturated rings. The maximum absolute atomic E-state index is 12.9. The van der Waals surface area contributed by atoms with Crippen molar-refractivity contribution in [1.29, 1.82) is 0 Å². The molecule has 0 aliphatic carbocycles. The SMILES string of the molecule is O=C(Cc1ccc(C(F)(F)F)cc1)N(Cc1ccccc1)[C@@H]1CCS(=O)(=O)C1. The van der Waals surface area contributed by atoms with E-state index in [0.717, 1.165) is 17.7 Å². The van der Waals surface area contributed by atoms with Crippen molar-refractivity contribution in [3.8, 4) is 0 Å². The van der Waals surface area contributed by atoms with Gasteiger partial charge in [-0.3, -0.25) is 4.79 Å². The molecule has 0 N–H and O–H groups in total. The normalized spacial score (nSPS) is 18.8. The van der Waals surface area contributed by atoms with E-state index < -0.39 is 27.6 Å². The molecule has 0 bridgehead atoms. The fraction of sp³-hybridized carbons (Fsp3) is 0.350. The van der Waals surface area contributed by atoms with Crippen molar-refractivity contribution in [2.45, 2.75) is 31.6 Å². The molecule has 0 spiro atoms. The van der Waals surface area contributed by atoms with Gasteiger partial charge in [0.2, 0.25) is 5.91 Å². The minimum Gasteiger partial charge on any atom is -0.334 e. The standard InChI is InChI=1S/C20H20F3NO3S/c21-20(22,23)17-8-6-15(7-9-17)12-19(25)24(13-16-4-2-1-3-5-16)18-10-11-28(26,27)14-18/h1-9,18H,10-14H2/t18-/m1/s1. The lowest BCUT2D eigenvalue weighted by molar-refractivity contribution is -0.137. The first-order valence-corrected chi connectivity index (χ1v) is 10.7. The molecule has 1 amide bonds. The third-order valence-electron chi connectivity index (χ3n) is 4.80. The molecule has 0 saturated carbocycles. The number of carbonyl (C=O) groups excluding carboxylic acids is 1. The van der Waals surface area contributed by atoms with E-state index >= 15 is 0 Å². The number of nitrogens with zero attached hydrogens (tertiary/aromatic N) is 1. The highest BCUT2D eigenvalue weighted by Gasteiger charge is 2.35. The van der Waals surface area contributed by atoms with Crippen LogP contribution in [0.5, 0.6) is 0 Å². The Balaban J connectivity index is 1.78. The van der Waals surface area contributed by atoms with Gasteiger partial charge in [-0.15, -0.1) is 0 Å². The summed E-state index contributed by atoms with van der Waals surface area (Å²) in [5.74, 6) is -0.347. The lowest BCUT2D eigenvalue weighted by atomic mass is 10.1. The molecule has 0 unspecified atom stereocenters. The van der Waals surface area contributed by atoms with Crippen LogP contribution in [0.1, 0.15) is 23.1 Å². The monoisotopic (exact) mass is 411 g/mol. The minimum absolute atomic E-state index is 0.0382. The number of rotatable bonds is 5. The highest BCUT2D eigenvalue weighted by atomic mass is 32.2. The molecule has 2 aromatic rings. The predicted molar refractivity (Wildman–Crippen MR) is 99.2 cm³/mol. The Hall–Kier alpha value is -2.35. The van der Waals surface area contributed by atoms with E-state index in [9.17, 15) is 26.4 Å². The Morgan fingerprint density at radius 2 is 1.64 bits per heavy atom. The number of hydrogen-bond donors (Lipinski definition) is 0. The topological polar surface area (TPSA) is 54.5 Å². The fourth-order valence-electron chi connectivity index (χ4n) is 3.31. The molecule has 4 nitrogen and oxygen atoms in total. The molecule has 0 radical (unpaired) electrons. The van der Waals surface area contributed by atoms with Crippen LogP contribution in [0.2, 0.25) is 0 Å². The van der Waals surface area contributed by atoms with E-state index in [1.165, 1.54) is 17.0 Å². The largest absolute Gasteiger partial charge is 0.416 e. The van der Waals surface area contributed by atoms with Crippen LogP contribution in [0.3, 0.4) is 0 Å². The summed E-state index contributed by atoms with van der Waals surface area (Å²) in [6, 6.07) is 13.3. The van der Waals surface area contributed by atoms with Crippen molar-refractivity contribution in [3.05, 3.63) is 71.3 Å². The van der Waals surface area contributed by atoms with Crippen LogP contribution in [-0.2, 0) is 33.8 Å². The molecule has 8 heteroatoms. The van der Waals surface area contributed by atoms with E-state index in [-0.39, 0.29) is 30.4 Å². The summed E-state index contributed by atoms with van der Waals surface area (Å²) in [6.45, 7) is 0.264. The summed E-state index contributed by atoms with van der Waals surface area (Å²) in [5.41, 5.74) is 0.552. The summed E-state index contributed by atoms with van der Waals surface area (Å²) in [6.07, 6.45) is -4.14. The predicted octanol–water partition coefficient (Wildman–Crippen LogP) is 3.46. The van der Waals surface area contributed by atoms with E-state index in [1.807, 2.05) is 30.3 Å². The zero-order valence-electron chi connectivity index (χ0n) is 15.0. The van der Waals surface area contributed by atoms with Gasteiger partial charge in [0.25, 0.3) is 0 Å². The first-order chi connectivity index (χ1) is 13.1. The molecule has 1 atom stereocenters. The molecule has 2 aromatic carbocycles. The Labute approximate surface area is 161 Å². The minimum atomic E-state index is -4.43. The van der Waals surface area contributed by atoms with Crippen LogP contribution in [0.4, 0.5) is 13.2 Å². The van der Waals surface area contributed by atoms with Gasteiger partial charge in [0.1, 0.15) is 0 Å². The molecule has 0 aromatic heterocycles. The smallest absolute Gasteiger partial charge is 0.334 e. The molecule has 1 aliphatic rings. The fourth-order valence-corrected chi connectivity index (χ4v) is 5.04. The van der Waals surface area contributed by atoms with Crippen molar-refractivity contribution in [2.75, 3.05) is 11.5 Å². The highest BCUT2D eigenvalue weighted by molar-refractivity contribution is 7.91. The first kappa shape index (κ1) is 20.4. The number of carbonyl (C=O) groups is 1. The first-order valence-electron chi connectivity index (χ1n) is 8.84. The maximum Gasteiger partial charge on any atom is 0.416 e. The van der Waals surface area contributed by atoms with Crippen LogP contribution in [0.25, 0.3) is 0 Å². The van der Waals surface area contributed by atoms with Gasteiger partial charge >= 0.3 is 6.18 Å². The number of hydrogen-bond acceptors (Lipinski definition) is 3. The molecule has 1 aliphatic heterocycles. The Morgan fingerprint density at radius 3 is 2.18 bits per heavy atom. The van der Waals surface area contributed by atoms with Crippen LogP contribution < -0.4 is 0 Å². The van der Waals surface area contributed by atoms with Gasteiger partial charge in [-0.2, -0.15) is 13.2 Å². The molecule has 1 heterocycles. The van der Waals surface area contributed by atoms with Crippen molar-refractivity contribution in [1.82, 2.24) is 4.90 Å². The third-order valence-corrected chi connectivity index (χ3v) is 6.55. The molecular weight excluding hydrogens is 391 g/mol. The van der Waals surface area contributed by atoms with Crippen LogP contribution in [0, 0.1) is 0 Å². The van der Waals surface area contributed by atoms with Gasteiger partial charge < -0.3 is 4.90 Å². The van der Waals surface area contributed by atoms with Gasteiger partial charge in [0.15, 0.2) is 9.84 Å². The lowest BCUT2D eigenvalue weighted by Gasteiger charge is -2.28. The zero-order valence-corrected chi connectivity index (χ0v) is 15.8. The second kappa shape index (κ2) is 7.95. The molecule has 150 valence electrons. The van der Waals surface area contributed by atoms with Gasteiger partial charge in [-0.05, 0) is 29.7 Å². The summed E-state index contributed by atoms with van der Waals surface area (Å²) in [4.78, 5) is 14.4. The zero-order chi connectivity index (χ0) is 20.4. The summed E-state index contributed by atoms with van der Waals surface area (Å²) >= 11 is 0. The molecule has 1 saturated heterocycles. The maximum atomic E-state index is 12.9. The lowest BCUT2D eigenvalue weighted by Crippen LogP contribution is -2.41. The average Bonchev–Trinajstić information content (AvgIpc) is 2.99. The molecule has 28 heavy (non-hydrogen) atoms. The van der Waals surface area contributed by atoms with Gasteiger partial charge in [0, 0.05) is 12.6 Å². The number of alkyl halides is 3. The second-order valence-electron chi connectivity index (χ2n) is 6.94. The number of sulfone groups is 1. The van der Waals surface area contributed by atoms with Crippen LogP contribution in [0.15, 0.2) is 54.6 Å². The van der Waals surface area contributed by atoms with E-state index in [1.54, 1.807) is 0 Å². The quantitative estimate of drug-likeness (QED) is 0.757. The van der Waals surface area contributed by atoms with Gasteiger partial charge in [-0.25, -0.2) is 8.42 Å². The Bertz CT molecular complexity index is 925. The summed E-state index contributed by atoms with van der Waals surface area (Å²) in [7, 11) is -3.18. The van der Waals surface area contributed by atoms with Crippen LogP contribution >= 0.6 is 0 Å². The summed E-state index contributed by atoms with van der Waals surface area (Å²) in [5, 5.41) is 0. The molecule has 3 rings (SSSR count). The third kappa shape index (κ3) is 5.13. The second-order valence-corrected chi connectivity index (χ2v) is 9.16. The number of amides is 1. The van der Waals surface area contributed by atoms with E-state index in [2.05, 4.69) is 0 Å². The van der Waals surface area contributed by atoms with Gasteiger partial charge in [0.05, 0.1) is 23.5 Å². The Kier molecular flexibility index (Phi) is 5.79. The van der Waals surface area contributed by atoms with E-state index in [0.29, 0.717) is 12.0 Å². The van der Waals surface area contributed by atoms with Gasteiger partial charge in [-0.1, -0.05) is 42.5 Å². The van der Waals surface area contributed by atoms with Crippen molar-refractivity contribution in [2.24, 2.45) is 0 Å². The van der Waals surface area contributed by atoms with Crippen molar-refractivity contribution >= 4 is 15.7 Å². The van der Waals surface area contributed by atoms with Crippen LogP contribution in [-0.4, -0.2) is 36.8 Å². The van der Waals surface area contributed by atoms with Crippen molar-refractivity contribution < 1.29 is 26.4 Å².